The molecule has 182 valence electrons. The van der Waals surface area contributed by atoms with Crippen LogP contribution in [-0.2, 0) is 0 Å². The zero-order valence-electron chi connectivity index (χ0n) is 20.4. The van der Waals surface area contributed by atoms with Gasteiger partial charge in [0.15, 0.2) is 22.7 Å². The molecule has 3 aromatic carbocycles. The van der Waals surface area contributed by atoms with Crippen LogP contribution in [0.15, 0.2) is 63.8 Å². The lowest BCUT2D eigenvalue weighted by Gasteiger charge is -2.26. The number of ether oxygens (including phenoxy) is 1. The standard InChI is InChI=1S/C29H25NO6/c1-5-35-24-14-19(8-11-22(24)32)26-25-27(33)21-12-15(2)16(3)13-23(21)36-28(25)29(34)30(26)20-9-6-18(7-10-20)17(4)31/h6-14,26,32H,5H2,1-4H3. The molecule has 0 radical (unpaired) electrons. The molecule has 1 aromatic heterocycles. The van der Waals surface area contributed by atoms with Gasteiger partial charge < -0.3 is 14.3 Å². The molecule has 7 heteroatoms. The number of amides is 1. The van der Waals surface area contributed by atoms with E-state index in [-0.39, 0.29) is 34.0 Å². The molecule has 4 aromatic rings. The highest BCUT2D eigenvalue weighted by Gasteiger charge is 2.44. The Balaban J connectivity index is 1.78. The van der Waals surface area contributed by atoms with Gasteiger partial charge in [-0.2, -0.15) is 0 Å². The summed E-state index contributed by atoms with van der Waals surface area (Å²) in [6.07, 6.45) is 0. The van der Waals surface area contributed by atoms with Gasteiger partial charge in [0.2, 0.25) is 5.76 Å². The van der Waals surface area contributed by atoms with E-state index in [1.54, 1.807) is 55.5 Å². The number of ketones is 1. The van der Waals surface area contributed by atoms with Crippen LogP contribution in [0.5, 0.6) is 11.5 Å². The maximum Gasteiger partial charge on any atom is 0.295 e. The van der Waals surface area contributed by atoms with Crippen molar-refractivity contribution in [3.63, 3.8) is 0 Å². The number of anilines is 1. The highest BCUT2D eigenvalue weighted by Crippen LogP contribution is 2.43. The minimum Gasteiger partial charge on any atom is -0.504 e. The van der Waals surface area contributed by atoms with Gasteiger partial charge in [0.1, 0.15) is 5.58 Å². The molecule has 0 bridgehead atoms. The summed E-state index contributed by atoms with van der Waals surface area (Å²) < 4.78 is 11.6. The van der Waals surface area contributed by atoms with E-state index < -0.39 is 11.9 Å². The molecule has 1 N–H and O–H groups in total. The second-order valence-corrected chi connectivity index (χ2v) is 8.95. The second kappa shape index (κ2) is 8.68. The zero-order chi connectivity index (χ0) is 25.7. The van der Waals surface area contributed by atoms with E-state index in [9.17, 15) is 19.5 Å². The van der Waals surface area contributed by atoms with Crippen LogP contribution in [-0.4, -0.2) is 23.4 Å². The lowest BCUT2D eigenvalue weighted by atomic mass is 9.96. The number of fused-ring (bicyclic) bond motifs is 2. The van der Waals surface area contributed by atoms with Gasteiger partial charge in [-0.25, -0.2) is 0 Å². The summed E-state index contributed by atoms with van der Waals surface area (Å²) in [6, 6.07) is 14.1. The van der Waals surface area contributed by atoms with E-state index in [0.29, 0.717) is 34.4 Å². The van der Waals surface area contributed by atoms with Crippen molar-refractivity contribution in [2.24, 2.45) is 0 Å². The monoisotopic (exact) mass is 483 g/mol. The van der Waals surface area contributed by atoms with Crippen LogP contribution >= 0.6 is 0 Å². The number of rotatable bonds is 5. The quantitative estimate of drug-likeness (QED) is 0.378. The molecule has 0 spiro atoms. The van der Waals surface area contributed by atoms with Crippen LogP contribution in [0.3, 0.4) is 0 Å². The predicted octanol–water partition coefficient (Wildman–Crippen LogP) is 5.47. The van der Waals surface area contributed by atoms with Crippen molar-refractivity contribution in [1.29, 1.82) is 0 Å². The largest absolute Gasteiger partial charge is 0.504 e. The van der Waals surface area contributed by atoms with Crippen molar-refractivity contribution in [2.45, 2.75) is 33.7 Å². The maximum absolute atomic E-state index is 13.8. The van der Waals surface area contributed by atoms with Gasteiger partial charge in [0.25, 0.3) is 5.91 Å². The Bertz CT molecular complexity index is 1600. The highest BCUT2D eigenvalue weighted by atomic mass is 16.5. The van der Waals surface area contributed by atoms with Gasteiger partial charge in [-0.15, -0.1) is 0 Å². The average Bonchev–Trinajstić information content (AvgIpc) is 3.14. The Morgan fingerprint density at radius 1 is 1.03 bits per heavy atom. The summed E-state index contributed by atoms with van der Waals surface area (Å²) in [5.41, 5.74) is 3.76. The molecule has 1 atom stereocenters. The molecule has 0 saturated carbocycles. The molecule has 1 aliphatic rings. The lowest BCUT2D eigenvalue weighted by molar-refractivity contribution is 0.0970. The van der Waals surface area contributed by atoms with Gasteiger partial charge in [-0.1, -0.05) is 6.07 Å². The van der Waals surface area contributed by atoms with E-state index in [4.69, 9.17) is 9.15 Å². The van der Waals surface area contributed by atoms with Crippen LogP contribution in [0.2, 0.25) is 0 Å². The van der Waals surface area contributed by atoms with Crippen molar-refractivity contribution < 1.29 is 23.8 Å². The van der Waals surface area contributed by atoms with Crippen LogP contribution in [0.4, 0.5) is 5.69 Å². The minimum atomic E-state index is -0.822. The molecule has 0 saturated heterocycles. The van der Waals surface area contributed by atoms with Gasteiger partial charge in [0.05, 0.1) is 23.6 Å². The first kappa shape index (κ1) is 23.4. The number of hydrogen-bond donors (Lipinski definition) is 1. The first-order chi connectivity index (χ1) is 17.2. The van der Waals surface area contributed by atoms with Gasteiger partial charge >= 0.3 is 0 Å². The van der Waals surface area contributed by atoms with Gasteiger partial charge in [-0.05, 0) is 92.9 Å². The van der Waals surface area contributed by atoms with Crippen molar-refractivity contribution in [2.75, 3.05) is 11.5 Å². The fourth-order valence-corrected chi connectivity index (χ4v) is 4.64. The fourth-order valence-electron chi connectivity index (χ4n) is 4.64. The van der Waals surface area contributed by atoms with E-state index in [0.717, 1.165) is 11.1 Å². The summed E-state index contributed by atoms with van der Waals surface area (Å²) in [4.78, 5) is 40.9. The van der Waals surface area contributed by atoms with E-state index in [2.05, 4.69) is 0 Å². The summed E-state index contributed by atoms with van der Waals surface area (Å²) in [5, 5.41) is 10.7. The second-order valence-electron chi connectivity index (χ2n) is 8.95. The molecular weight excluding hydrogens is 458 g/mol. The number of hydrogen-bond acceptors (Lipinski definition) is 6. The Hall–Kier alpha value is -4.39. The Labute approximate surface area is 207 Å². The number of Topliss-reactive ketones (excluding diaryl/α,β-unsaturated/α-hetero) is 1. The van der Waals surface area contributed by atoms with Crippen LogP contribution in [0, 0.1) is 13.8 Å². The van der Waals surface area contributed by atoms with Crippen LogP contribution in [0.25, 0.3) is 11.0 Å². The first-order valence-corrected chi connectivity index (χ1v) is 11.7. The fraction of sp³-hybridized carbons (Fsp3) is 0.207. The Morgan fingerprint density at radius 3 is 2.39 bits per heavy atom. The molecule has 2 heterocycles. The number of benzene rings is 3. The predicted molar refractivity (Wildman–Crippen MR) is 136 cm³/mol. The molecule has 36 heavy (non-hydrogen) atoms. The number of phenolic OH excluding ortho intramolecular Hbond substituents is 1. The molecular formula is C29H25NO6. The van der Waals surface area contributed by atoms with Crippen molar-refractivity contribution >= 4 is 28.3 Å². The van der Waals surface area contributed by atoms with Crippen molar-refractivity contribution in [3.8, 4) is 11.5 Å². The van der Waals surface area contributed by atoms with E-state index in [1.807, 2.05) is 13.8 Å². The number of aryl methyl sites for hydroxylation is 2. The average molecular weight is 484 g/mol. The minimum absolute atomic E-state index is 0.0255. The number of carbonyl (C=O) groups is 2. The van der Waals surface area contributed by atoms with Gasteiger partial charge in [0, 0.05) is 11.3 Å². The maximum atomic E-state index is 13.8. The number of phenols is 1. The first-order valence-electron chi connectivity index (χ1n) is 11.7. The molecule has 1 unspecified atom stereocenters. The third-order valence-corrected chi connectivity index (χ3v) is 6.64. The third kappa shape index (κ3) is 3.64. The molecule has 7 nitrogen and oxygen atoms in total. The number of nitrogens with zero attached hydrogens (tertiary/aromatic N) is 1. The van der Waals surface area contributed by atoms with Crippen LogP contribution in [0.1, 0.15) is 63.1 Å². The topological polar surface area (TPSA) is 97.0 Å². The Kier molecular flexibility index (Phi) is 5.63. The smallest absolute Gasteiger partial charge is 0.295 e. The van der Waals surface area contributed by atoms with Crippen molar-refractivity contribution in [3.05, 3.63) is 98.4 Å². The summed E-state index contributed by atoms with van der Waals surface area (Å²) in [7, 11) is 0. The zero-order valence-corrected chi connectivity index (χ0v) is 20.4. The normalized spacial score (nSPS) is 14.8. The number of aromatic hydroxyl groups is 1. The summed E-state index contributed by atoms with van der Waals surface area (Å²) in [5.74, 6) is -0.377. The number of carbonyl (C=O) groups excluding carboxylic acids is 2. The SMILES string of the molecule is CCOc1cc(C2c3c(oc4cc(C)c(C)cc4c3=O)C(=O)N2c2ccc(C(C)=O)cc2)ccc1O. The van der Waals surface area contributed by atoms with Gasteiger partial charge in [-0.3, -0.25) is 19.3 Å². The molecule has 1 aliphatic heterocycles. The van der Waals surface area contributed by atoms with Crippen LogP contribution < -0.4 is 15.1 Å². The summed E-state index contributed by atoms with van der Waals surface area (Å²) >= 11 is 0. The molecule has 0 aliphatic carbocycles. The van der Waals surface area contributed by atoms with Crippen molar-refractivity contribution in [1.82, 2.24) is 0 Å². The molecule has 1 amide bonds. The highest BCUT2D eigenvalue weighted by molar-refractivity contribution is 6.11. The molecule has 5 rings (SSSR count). The lowest BCUT2D eigenvalue weighted by Crippen LogP contribution is -2.29. The van der Waals surface area contributed by atoms with E-state index in [1.165, 1.54) is 17.9 Å². The van der Waals surface area contributed by atoms with E-state index >= 15 is 0 Å². The summed E-state index contributed by atoms with van der Waals surface area (Å²) in [6.45, 7) is 7.44. The molecule has 0 fully saturated rings. The third-order valence-electron chi connectivity index (χ3n) is 6.64. The Morgan fingerprint density at radius 2 is 1.72 bits per heavy atom.